The average Bonchev–Trinajstić information content (AvgIpc) is 3.46. The standard InChI is InChI=1S/C31H30N2O5S/c1-18(2)14-15-38-23-13-11-21(17-24(23)37-4)27-26(28(34)20-8-6-5-7-9-20)29(35)30(36)33(27)31-32-22-12-10-19(3)16-25(22)39-31/h5-13,16-18,27,34H,14-15H2,1-4H3/b28-26+. The first-order chi connectivity index (χ1) is 18.8. The first kappa shape index (κ1) is 26.4. The molecular weight excluding hydrogens is 512 g/mol. The van der Waals surface area contributed by atoms with Crippen LogP contribution in [0.1, 0.15) is 43.0 Å². The number of ketones is 1. The summed E-state index contributed by atoms with van der Waals surface area (Å²) in [4.78, 5) is 33.1. The number of fused-ring (bicyclic) bond motifs is 1. The molecule has 0 bridgehead atoms. The molecule has 0 radical (unpaired) electrons. The van der Waals surface area contributed by atoms with Crippen molar-refractivity contribution < 1.29 is 24.2 Å². The van der Waals surface area contributed by atoms with Crippen LogP contribution in [0.4, 0.5) is 5.13 Å². The van der Waals surface area contributed by atoms with Crippen LogP contribution in [0.2, 0.25) is 0 Å². The Morgan fingerprint density at radius 2 is 1.82 bits per heavy atom. The Kier molecular flexibility index (Phi) is 7.39. The fraction of sp³-hybridized carbons (Fsp3) is 0.258. The second-order valence-corrected chi connectivity index (χ2v) is 11.0. The molecule has 1 unspecified atom stereocenters. The smallest absolute Gasteiger partial charge is 0.301 e. The fourth-order valence-corrected chi connectivity index (χ4v) is 5.69. The van der Waals surface area contributed by atoms with E-state index in [0.29, 0.717) is 40.3 Å². The number of hydrogen-bond acceptors (Lipinski definition) is 7. The molecule has 3 aromatic carbocycles. The number of aromatic nitrogens is 1. The molecular formula is C31H30N2O5S. The van der Waals surface area contributed by atoms with Gasteiger partial charge in [0.15, 0.2) is 16.6 Å². The monoisotopic (exact) mass is 542 g/mol. The molecule has 1 aromatic heterocycles. The molecule has 1 atom stereocenters. The number of aliphatic hydroxyl groups is 1. The number of thiazole rings is 1. The van der Waals surface area contributed by atoms with Gasteiger partial charge in [0, 0.05) is 5.56 Å². The molecule has 2 heterocycles. The van der Waals surface area contributed by atoms with E-state index in [1.54, 1.807) is 49.6 Å². The van der Waals surface area contributed by atoms with Gasteiger partial charge in [-0.15, -0.1) is 0 Å². The number of nitrogens with zero attached hydrogens (tertiary/aromatic N) is 2. The Morgan fingerprint density at radius 1 is 1.05 bits per heavy atom. The van der Waals surface area contributed by atoms with Gasteiger partial charge in [0.25, 0.3) is 5.78 Å². The zero-order valence-electron chi connectivity index (χ0n) is 22.3. The Labute approximate surface area is 231 Å². The van der Waals surface area contributed by atoms with Gasteiger partial charge in [-0.1, -0.05) is 67.6 Å². The summed E-state index contributed by atoms with van der Waals surface area (Å²) < 4.78 is 12.5. The van der Waals surface area contributed by atoms with Gasteiger partial charge >= 0.3 is 5.91 Å². The minimum atomic E-state index is -0.912. The van der Waals surface area contributed by atoms with Crippen LogP contribution in [0, 0.1) is 12.8 Å². The van der Waals surface area contributed by atoms with E-state index in [-0.39, 0.29) is 11.3 Å². The highest BCUT2D eigenvalue weighted by atomic mass is 32.1. The number of hydrogen-bond donors (Lipinski definition) is 1. The third-order valence-electron chi connectivity index (χ3n) is 6.69. The molecule has 8 heteroatoms. The number of ether oxygens (including phenoxy) is 2. The van der Waals surface area contributed by atoms with E-state index in [4.69, 9.17) is 14.5 Å². The molecule has 1 fully saturated rings. The molecule has 5 rings (SSSR count). The number of anilines is 1. The molecule has 1 amide bonds. The van der Waals surface area contributed by atoms with Gasteiger partial charge in [0.1, 0.15) is 5.76 Å². The van der Waals surface area contributed by atoms with Crippen LogP contribution < -0.4 is 14.4 Å². The van der Waals surface area contributed by atoms with Gasteiger partial charge in [-0.05, 0) is 54.7 Å². The summed E-state index contributed by atoms with van der Waals surface area (Å²) in [6, 6.07) is 19.0. The maximum absolute atomic E-state index is 13.5. The SMILES string of the molecule is COc1cc(C2/C(=C(\O)c3ccccc3)C(=O)C(=O)N2c2nc3ccc(C)cc3s2)ccc1OCCC(C)C. The van der Waals surface area contributed by atoms with Crippen molar-refractivity contribution >= 4 is 44.1 Å². The molecule has 0 spiro atoms. The minimum absolute atomic E-state index is 0.00262. The van der Waals surface area contributed by atoms with Crippen LogP contribution >= 0.6 is 11.3 Å². The van der Waals surface area contributed by atoms with Gasteiger partial charge in [-0.3, -0.25) is 14.5 Å². The minimum Gasteiger partial charge on any atom is -0.507 e. The van der Waals surface area contributed by atoms with Gasteiger partial charge in [-0.25, -0.2) is 4.98 Å². The predicted octanol–water partition coefficient (Wildman–Crippen LogP) is 6.66. The van der Waals surface area contributed by atoms with Crippen LogP contribution in [0.15, 0.2) is 72.3 Å². The third kappa shape index (κ3) is 5.12. The van der Waals surface area contributed by atoms with E-state index in [9.17, 15) is 14.7 Å². The lowest BCUT2D eigenvalue weighted by atomic mass is 9.95. The number of aryl methyl sites for hydroxylation is 1. The summed E-state index contributed by atoms with van der Waals surface area (Å²) >= 11 is 1.33. The molecule has 0 saturated carbocycles. The van der Waals surface area contributed by atoms with Crippen molar-refractivity contribution in [1.82, 2.24) is 4.98 Å². The van der Waals surface area contributed by atoms with Crippen molar-refractivity contribution in [2.45, 2.75) is 33.2 Å². The number of Topliss-reactive ketones (excluding diaryl/α,β-unsaturated/α-hetero) is 1. The normalized spacial score (nSPS) is 16.8. The number of carbonyl (C=O) groups is 2. The highest BCUT2D eigenvalue weighted by molar-refractivity contribution is 7.22. The summed E-state index contributed by atoms with van der Waals surface area (Å²) in [5, 5.41) is 11.7. The van der Waals surface area contributed by atoms with E-state index in [2.05, 4.69) is 13.8 Å². The zero-order chi connectivity index (χ0) is 27.7. The van der Waals surface area contributed by atoms with Crippen LogP contribution in [0.5, 0.6) is 11.5 Å². The van der Waals surface area contributed by atoms with Crippen LogP contribution in [0.3, 0.4) is 0 Å². The van der Waals surface area contributed by atoms with Crippen LogP contribution in [-0.2, 0) is 9.59 Å². The first-order valence-corrected chi connectivity index (χ1v) is 13.6. The highest BCUT2D eigenvalue weighted by Gasteiger charge is 2.48. The molecule has 200 valence electrons. The topological polar surface area (TPSA) is 89.0 Å². The lowest BCUT2D eigenvalue weighted by molar-refractivity contribution is -0.132. The largest absolute Gasteiger partial charge is 0.507 e. The van der Waals surface area contributed by atoms with Crippen LogP contribution in [0.25, 0.3) is 16.0 Å². The lowest BCUT2D eigenvalue weighted by Crippen LogP contribution is -2.29. The molecule has 1 aliphatic heterocycles. The average molecular weight is 543 g/mol. The summed E-state index contributed by atoms with van der Waals surface area (Å²) in [6.45, 7) is 6.78. The maximum Gasteiger partial charge on any atom is 0.301 e. The van der Waals surface area contributed by atoms with Gasteiger partial charge in [0.2, 0.25) is 0 Å². The number of rotatable bonds is 8. The number of aliphatic hydroxyl groups excluding tert-OH is 1. The Morgan fingerprint density at radius 3 is 2.54 bits per heavy atom. The lowest BCUT2D eigenvalue weighted by Gasteiger charge is -2.24. The van der Waals surface area contributed by atoms with Crippen molar-refractivity contribution in [2.24, 2.45) is 5.92 Å². The van der Waals surface area contributed by atoms with Crippen molar-refractivity contribution in [3.8, 4) is 11.5 Å². The number of carbonyl (C=O) groups excluding carboxylic acids is 2. The van der Waals surface area contributed by atoms with Gasteiger partial charge < -0.3 is 14.6 Å². The van der Waals surface area contributed by atoms with Gasteiger partial charge in [-0.2, -0.15) is 0 Å². The quantitative estimate of drug-likeness (QED) is 0.152. The number of benzene rings is 3. The summed E-state index contributed by atoms with van der Waals surface area (Å²) in [5.41, 5.74) is 2.84. The van der Waals surface area contributed by atoms with E-state index >= 15 is 0 Å². The second kappa shape index (κ2) is 10.9. The third-order valence-corrected chi connectivity index (χ3v) is 7.70. The summed E-state index contributed by atoms with van der Waals surface area (Å²) in [5.74, 6) is -0.225. The van der Waals surface area contributed by atoms with E-state index < -0.39 is 17.7 Å². The van der Waals surface area contributed by atoms with Crippen molar-refractivity contribution in [3.63, 3.8) is 0 Å². The Balaban J connectivity index is 1.66. The Bertz CT molecular complexity index is 1570. The highest BCUT2D eigenvalue weighted by Crippen LogP contribution is 2.46. The summed E-state index contributed by atoms with van der Waals surface area (Å²) in [7, 11) is 1.55. The second-order valence-electron chi connectivity index (χ2n) is 9.94. The van der Waals surface area contributed by atoms with E-state index in [1.807, 2.05) is 31.2 Å². The van der Waals surface area contributed by atoms with Crippen molar-refractivity contribution in [1.29, 1.82) is 0 Å². The number of amides is 1. The predicted molar refractivity (Wildman–Crippen MR) is 154 cm³/mol. The molecule has 0 aliphatic carbocycles. The molecule has 1 aliphatic rings. The molecule has 4 aromatic rings. The fourth-order valence-electron chi connectivity index (χ4n) is 4.60. The Hall–Kier alpha value is -4.17. The summed E-state index contributed by atoms with van der Waals surface area (Å²) in [6.07, 6.45) is 0.888. The molecule has 39 heavy (non-hydrogen) atoms. The molecule has 1 saturated heterocycles. The number of methoxy groups -OCH3 is 1. The van der Waals surface area contributed by atoms with Gasteiger partial charge in [0.05, 0.1) is 35.5 Å². The molecule has 7 nitrogen and oxygen atoms in total. The zero-order valence-corrected chi connectivity index (χ0v) is 23.1. The molecule has 1 N–H and O–H groups in total. The maximum atomic E-state index is 13.5. The van der Waals surface area contributed by atoms with Crippen LogP contribution in [-0.4, -0.2) is 35.5 Å². The van der Waals surface area contributed by atoms with Crippen molar-refractivity contribution in [3.05, 3.63) is 89.0 Å². The van der Waals surface area contributed by atoms with E-state index in [1.165, 1.54) is 16.2 Å². The van der Waals surface area contributed by atoms with Crippen molar-refractivity contribution in [2.75, 3.05) is 18.6 Å². The first-order valence-electron chi connectivity index (χ1n) is 12.8. The van der Waals surface area contributed by atoms with E-state index in [0.717, 1.165) is 22.2 Å².